The van der Waals surface area contributed by atoms with Gasteiger partial charge in [0.1, 0.15) is 16.3 Å². The smallest absolute Gasteiger partial charge is 0.268 e. The predicted octanol–water partition coefficient (Wildman–Crippen LogP) is 5.01. The molecular weight excluding hydrogens is 414 g/mol. The number of rotatable bonds is 6. The first-order valence-corrected chi connectivity index (χ1v) is 10.6. The monoisotopic (exact) mass is 431 g/mol. The molecule has 0 amide bonds. The maximum Gasteiger partial charge on any atom is 0.268 e. The minimum Gasteiger partial charge on any atom is -0.497 e. The molecule has 4 rings (SSSR count). The number of aromatic amines is 1. The van der Waals surface area contributed by atoms with E-state index >= 15 is 0 Å². The van der Waals surface area contributed by atoms with Crippen molar-refractivity contribution in [3.05, 3.63) is 67.9 Å². The fraction of sp³-hybridized carbons (Fsp3) is 0.200. The molecule has 1 N–H and O–H groups in total. The molecule has 4 aromatic rings. The van der Waals surface area contributed by atoms with Crippen LogP contribution < -0.4 is 10.3 Å². The van der Waals surface area contributed by atoms with Crippen molar-refractivity contribution in [3.63, 3.8) is 0 Å². The first-order valence-electron chi connectivity index (χ1n) is 8.62. The molecule has 0 fully saturated rings. The minimum absolute atomic E-state index is 0.0997. The van der Waals surface area contributed by atoms with Crippen molar-refractivity contribution in [2.45, 2.75) is 13.1 Å². The van der Waals surface area contributed by atoms with Gasteiger partial charge in [0.05, 0.1) is 23.5 Å². The van der Waals surface area contributed by atoms with Gasteiger partial charge in [-0.25, -0.2) is 4.98 Å². The number of H-pyrrole nitrogens is 1. The highest BCUT2D eigenvalue weighted by Gasteiger charge is 2.12. The normalized spacial score (nSPS) is 11.4. The van der Waals surface area contributed by atoms with Crippen molar-refractivity contribution < 1.29 is 4.74 Å². The summed E-state index contributed by atoms with van der Waals surface area (Å²) in [6.07, 6.45) is 0. The van der Waals surface area contributed by atoms with Crippen LogP contribution in [-0.2, 0) is 13.1 Å². The number of nitrogens with one attached hydrogen (secondary N) is 1. The van der Waals surface area contributed by atoms with Crippen LogP contribution in [0.3, 0.4) is 0 Å². The summed E-state index contributed by atoms with van der Waals surface area (Å²) in [6.45, 7) is 1.30. The molecule has 0 spiro atoms. The summed E-state index contributed by atoms with van der Waals surface area (Å²) in [4.78, 5) is 24.4. The zero-order chi connectivity index (χ0) is 19.7. The maximum absolute atomic E-state index is 12.5. The average molecular weight is 432 g/mol. The van der Waals surface area contributed by atoms with E-state index < -0.39 is 0 Å². The van der Waals surface area contributed by atoms with Crippen molar-refractivity contribution in [2.24, 2.45) is 0 Å². The van der Waals surface area contributed by atoms with Crippen LogP contribution in [0.1, 0.15) is 10.7 Å². The Morgan fingerprint density at radius 1 is 1.14 bits per heavy atom. The molecule has 3 heterocycles. The van der Waals surface area contributed by atoms with Gasteiger partial charge in [0.25, 0.3) is 5.56 Å². The van der Waals surface area contributed by atoms with Gasteiger partial charge < -0.3 is 9.72 Å². The number of thiophene rings is 2. The van der Waals surface area contributed by atoms with Crippen LogP contribution in [0.2, 0.25) is 4.34 Å². The van der Waals surface area contributed by atoms with Crippen LogP contribution in [0.5, 0.6) is 5.75 Å². The van der Waals surface area contributed by atoms with Crippen molar-refractivity contribution in [1.29, 1.82) is 0 Å². The van der Waals surface area contributed by atoms with E-state index in [1.165, 1.54) is 16.2 Å². The second-order valence-electron chi connectivity index (χ2n) is 6.44. The highest BCUT2D eigenvalue weighted by molar-refractivity contribution is 7.22. The number of hydrogen-bond acceptors (Lipinski definition) is 6. The summed E-state index contributed by atoms with van der Waals surface area (Å²) in [5.41, 5.74) is 1.66. The van der Waals surface area contributed by atoms with E-state index in [9.17, 15) is 4.79 Å². The van der Waals surface area contributed by atoms with Crippen molar-refractivity contribution in [2.75, 3.05) is 14.2 Å². The highest BCUT2D eigenvalue weighted by atomic mass is 35.5. The van der Waals surface area contributed by atoms with Crippen molar-refractivity contribution in [1.82, 2.24) is 14.9 Å². The number of benzene rings is 1. The average Bonchev–Trinajstić information content (AvgIpc) is 3.28. The zero-order valence-electron chi connectivity index (χ0n) is 15.4. The van der Waals surface area contributed by atoms with Gasteiger partial charge in [0, 0.05) is 16.3 Å². The quantitative estimate of drug-likeness (QED) is 0.466. The lowest BCUT2D eigenvalue weighted by molar-refractivity contribution is 0.313. The van der Waals surface area contributed by atoms with E-state index in [4.69, 9.17) is 16.3 Å². The second-order valence-corrected chi connectivity index (χ2v) is 9.30. The predicted molar refractivity (Wildman–Crippen MR) is 117 cm³/mol. The summed E-state index contributed by atoms with van der Waals surface area (Å²) < 4.78 is 6.62. The Bertz CT molecular complexity index is 1160. The number of methoxy groups -OCH3 is 1. The molecule has 0 atom stereocenters. The molecule has 0 aliphatic rings. The van der Waals surface area contributed by atoms with Gasteiger partial charge in [0.2, 0.25) is 0 Å². The number of nitrogens with zero attached hydrogens (tertiary/aromatic N) is 2. The lowest BCUT2D eigenvalue weighted by Crippen LogP contribution is -2.21. The second kappa shape index (κ2) is 8.05. The van der Waals surface area contributed by atoms with Crippen LogP contribution in [0.25, 0.3) is 20.7 Å². The number of aromatic nitrogens is 2. The van der Waals surface area contributed by atoms with Crippen LogP contribution in [-0.4, -0.2) is 29.0 Å². The van der Waals surface area contributed by atoms with Gasteiger partial charge >= 0.3 is 0 Å². The zero-order valence-corrected chi connectivity index (χ0v) is 17.7. The van der Waals surface area contributed by atoms with Gasteiger partial charge in [-0.15, -0.1) is 22.7 Å². The largest absolute Gasteiger partial charge is 0.497 e. The van der Waals surface area contributed by atoms with E-state index in [2.05, 4.69) is 14.9 Å². The summed E-state index contributed by atoms with van der Waals surface area (Å²) >= 11 is 9.00. The molecule has 0 saturated heterocycles. The highest BCUT2D eigenvalue weighted by Crippen LogP contribution is 2.32. The Morgan fingerprint density at radius 3 is 2.61 bits per heavy atom. The molecule has 144 valence electrons. The molecule has 0 unspecified atom stereocenters. The van der Waals surface area contributed by atoms with Crippen LogP contribution >= 0.6 is 34.3 Å². The summed E-state index contributed by atoms with van der Waals surface area (Å²) in [7, 11) is 3.64. The van der Waals surface area contributed by atoms with Gasteiger partial charge in [-0.3, -0.25) is 9.69 Å². The molecule has 1 aromatic carbocycles. The molecule has 28 heavy (non-hydrogen) atoms. The lowest BCUT2D eigenvalue weighted by Gasteiger charge is -2.14. The van der Waals surface area contributed by atoms with E-state index in [0.717, 1.165) is 32.6 Å². The third-order valence-electron chi connectivity index (χ3n) is 4.28. The van der Waals surface area contributed by atoms with E-state index in [1.807, 2.05) is 49.5 Å². The first-order chi connectivity index (χ1) is 13.5. The third kappa shape index (κ3) is 4.12. The fourth-order valence-corrected chi connectivity index (χ4v) is 5.14. The Labute approximate surface area is 175 Å². The lowest BCUT2D eigenvalue weighted by atomic mass is 10.2. The number of halogens is 1. The summed E-state index contributed by atoms with van der Waals surface area (Å²) in [5.74, 6) is 1.46. The van der Waals surface area contributed by atoms with Crippen molar-refractivity contribution in [3.8, 4) is 16.2 Å². The Balaban J connectivity index is 1.58. The Kier molecular flexibility index (Phi) is 5.50. The van der Waals surface area contributed by atoms with Gasteiger partial charge in [-0.1, -0.05) is 11.6 Å². The third-order valence-corrected chi connectivity index (χ3v) is 6.67. The SMILES string of the molecule is COc1ccc(-c2cc3nc(CN(C)Cc4ccc(Cl)s4)[nH]c(=O)c3s2)cc1. The van der Waals surface area contributed by atoms with Gasteiger partial charge in [-0.05, 0) is 55.1 Å². The van der Waals surface area contributed by atoms with E-state index in [-0.39, 0.29) is 5.56 Å². The molecular formula is C20H18ClN3O2S2. The Hall–Kier alpha value is -2.19. The minimum atomic E-state index is -0.0997. The topological polar surface area (TPSA) is 58.2 Å². The molecule has 0 bridgehead atoms. The molecule has 0 radical (unpaired) electrons. The van der Waals surface area contributed by atoms with Gasteiger partial charge in [-0.2, -0.15) is 0 Å². The molecule has 5 nitrogen and oxygen atoms in total. The number of ether oxygens (including phenoxy) is 1. The number of fused-ring (bicyclic) bond motifs is 1. The Morgan fingerprint density at radius 2 is 1.93 bits per heavy atom. The molecule has 0 aliphatic heterocycles. The summed E-state index contributed by atoms with van der Waals surface area (Å²) in [6, 6.07) is 13.7. The van der Waals surface area contributed by atoms with Gasteiger partial charge in [0.15, 0.2) is 0 Å². The summed E-state index contributed by atoms with van der Waals surface area (Å²) in [5, 5.41) is 0. The fourth-order valence-electron chi connectivity index (χ4n) is 2.98. The molecule has 8 heteroatoms. The van der Waals surface area contributed by atoms with E-state index in [1.54, 1.807) is 18.4 Å². The van der Waals surface area contributed by atoms with Crippen LogP contribution in [0.15, 0.2) is 47.3 Å². The van der Waals surface area contributed by atoms with Crippen LogP contribution in [0.4, 0.5) is 0 Å². The standard InChI is InChI=1S/C20H18ClN3O2S2/c1-24(10-14-7-8-17(21)27-14)11-18-22-15-9-16(28-19(15)20(25)23-18)12-3-5-13(26-2)6-4-12/h3-9H,10-11H2,1-2H3,(H,22,23,25). The first kappa shape index (κ1) is 19.1. The number of hydrogen-bond donors (Lipinski definition) is 1. The molecule has 0 aliphatic carbocycles. The maximum atomic E-state index is 12.5. The van der Waals surface area contributed by atoms with Crippen molar-refractivity contribution >= 4 is 44.5 Å². The molecule has 3 aromatic heterocycles. The van der Waals surface area contributed by atoms with E-state index in [0.29, 0.717) is 17.1 Å². The van der Waals surface area contributed by atoms with Crippen LogP contribution in [0, 0.1) is 0 Å². The molecule has 0 saturated carbocycles.